The van der Waals surface area contributed by atoms with Gasteiger partial charge in [0.05, 0.1) is 0 Å². The summed E-state index contributed by atoms with van der Waals surface area (Å²) in [4.78, 5) is 13.4. The summed E-state index contributed by atoms with van der Waals surface area (Å²) in [6.07, 6.45) is 0. The van der Waals surface area contributed by atoms with Gasteiger partial charge in [0.25, 0.3) is 0 Å². The van der Waals surface area contributed by atoms with E-state index in [-0.39, 0.29) is 6.04 Å². The van der Waals surface area contributed by atoms with Crippen LogP contribution in [0.5, 0.6) is 0 Å². The fourth-order valence-corrected chi connectivity index (χ4v) is 2.96. The van der Waals surface area contributed by atoms with Gasteiger partial charge in [0.15, 0.2) is 0 Å². The first-order valence-corrected chi connectivity index (χ1v) is 7.40. The number of para-hydroxylation sites is 1. The average Bonchev–Trinajstić information content (AvgIpc) is 2.63. The highest BCUT2D eigenvalue weighted by atomic mass is 15.3. The van der Waals surface area contributed by atoms with Crippen LogP contribution in [0.3, 0.4) is 0 Å². The van der Waals surface area contributed by atoms with Gasteiger partial charge in [-0.15, -0.1) is 0 Å². The van der Waals surface area contributed by atoms with E-state index in [1.807, 2.05) is 6.92 Å². The van der Waals surface area contributed by atoms with Crippen molar-refractivity contribution in [3.63, 3.8) is 0 Å². The van der Waals surface area contributed by atoms with Crippen LogP contribution in [0, 0.1) is 18.3 Å². The lowest BCUT2D eigenvalue weighted by Crippen LogP contribution is -2.39. The fraction of sp³-hybridized carbons (Fsp3) is 0.353. The molecule has 0 saturated heterocycles. The van der Waals surface area contributed by atoms with E-state index in [1.54, 1.807) is 6.07 Å². The molecule has 3 rings (SSSR count). The van der Waals surface area contributed by atoms with Gasteiger partial charge in [-0.3, -0.25) is 0 Å². The highest BCUT2D eigenvalue weighted by Gasteiger charge is 2.25. The van der Waals surface area contributed by atoms with Crippen LogP contribution in [-0.4, -0.2) is 29.6 Å². The smallest absolute Gasteiger partial charge is 0.227 e. The van der Waals surface area contributed by atoms with Gasteiger partial charge in [0.1, 0.15) is 11.8 Å². The van der Waals surface area contributed by atoms with Crippen molar-refractivity contribution in [2.45, 2.75) is 26.4 Å². The topological polar surface area (TPSA) is 56.1 Å². The Labute approximate surface area is 130 Å². The van der Waals surface area contributed by atoms with E-state index >= 15 is 0 Å². The molecule has 5 nitrogen and oxygen atoms in total. The lowest BCUT2D eigenvalue weighted by molar-refractivity contribution is 0.626. The molecule has 0 spiro atoms. The number of anilines is 2. The predicted octanol–water partition coefficient (Wildman–Crippen LogP) is 2.50. The highest BCUT2D eigenvalue weighted by molar-refractivity contribution is 5.57. The predicted molar refractivity (Wildman–Crippen MR) is 86.8 cm³/mol. The lowest BCUT2D eigenvalue weighted by Gasteiger charge is -2.28. The summed E-state index contributed by atoms with van der Waals surface area (Å²) in [6, 6.07) is 12.5. The Morgan fingerprint density at radius 2 is 2.05 bits per heavy atom. The molecule has 0 N–H and O–H groups in total. The molecule has 0 unspecified atom stereocenters. The normalized spacial score (nSPS) is 17.6. The summed E-state index contributed by atoms with van der Waals surface area (Å²) in [6.45, 7) is 5.70. The van der Waals surface area contributed by atoms with Gasteiger partial charge in [-0.1, -0.05) is 18.2 Å². The second kappa shape index (κ2) is 5.64. The molecule has 0 bridgehead atoms. The van der Waals surface area contributed by atoms with E-state index < -0.39 is 0 Å². The zero-order chi connectivity index (χ0) is 15.7. The van der Waals surface area contributed by atoms with Crippen molar-refractivity contribution in [3.8, 4) is 6.07 Å². The summed E-state index contributed by atoms with van der Waals surface area (Å²) >= 11 is 0. The van der Waals surface area contributed by atoms with Crippen molar-refractivity contribution < 1.29 is 0 Å². The molecule has 1 aliphatic rings. The number of aromatic nitrogens is 2. The highest BCUT2D eigenvalue weighted by Crippen LogP contribution is 2.28. The number of rotatable bonds is 1. The molecular formula is C17H19N5. The monoisotopic (exact) mass is 293 g/mol. The van der Waals surface area contributed by atoms with E-state index in [9.17, 15) is 0 Å². The largest absolute Gasteiger partial charge is 0.372 e. The Hall–Kier alpha value is -2.61. The minimum Gasteiger partial charge on any atom is -0.372 e. The molecule has 1 aromatic heterocycles. The number of nitriles is 1. The minimum atomic E-state index is 0.255. The van der Waals surface area contributed by atoms with Crippen LogP contribution in [0.2, 0.25) is 0 Å². The van der Waals surface area contributed by atoms with Crippen LogP contribution in [0.25, 0.3) is 0 Å². The third kappa shape index (κ3) is 2.60. The summed E-state index contributed by atoms with van der Waals surface area (Å²) in [7, 11) is 2.11. The maximum Gasteiger partial charge on any atom is 0.227 e. The fourth-order valence-electron chi connectivity index (χ4n) is 2.96. The zero-order valence-corrected chi connectivity index (χ0v) is 13.1. The van der Waals surface area contributed by atoms with Crippen LogP contribution in [0.1, 0.15) is 23.9 Å². The van der Waals surface area contributed by atoms with E-state index in [2.05, 4.69) is 64.1 Å². The van der Waals surface area contributed by atoms with Gasteiger partial charge in [0, 0.05) is 37.6 Å². The molecule has 1 atom stereocenters. The van der Waals surface area contributed by atoms with Crippen molar-refractivity contribution in [2.75, 3.05) is 23.4 Å². The van der Waals surface area contributed by atoms with Crippen molar-refractivity contribution >= 4 is 11.6 Å². The number of hydrogen-bond donors (Lipinski definition) is 0. The van der Waals surface area contributed by atoms with E-state index in [0.29, 0.717) is 11.6 Å². The number of nitrogens with zero attached hydrogens (tertiary/aromatic N) is 5. The number of likely N-dealkylation sites (N-methyl/N-ethyl adjacent to an activating group) is 1. The molecule has 0 aliphatic carbocycles. The van der Waals surface area contributed by atoms with Crippen LogP contribution >= 0.6 is 0 Å². The molecule has 22 heavy (non-hydrogen) atoms. The third-order valence-electron chi connectivity index (χ3n) is 4.03. The number of benzene rings is 1. The van der Waals surface area contributed by atoms with Gasteiger partial charge >= 0.3 is 0 Å². The summed E-state index contributed by atoms with van der Waals surface area (Å²) in [5.74, 6) is 0.633. The zero-order valence-electron chi connectivity index (χ0n) is 13.1. The molecule has 0 radical (unpaired) electrons. The molecule has 2 heterocycles. The van der Waals surface area contributed by atoms with Crippen molar-refractivity contribution in [1.29, 1.82) is 5.26 Å². The average molecular weight is 293 g/mol. The maximum absolute atomic E-state index is 9.14. The van der Waals surface area contributed by atoms with Gasteiger partial charge in [0.2, 0.25) is 5.95 Å². The summed E-state index contributed by atoms with van der Waals surface area (Å²) < 4.78 is 0. The Kier molecular flexibility index (Phi) is 3.68. The second-order valence-electron chi connectivity index (χ2n) is 5.79. The molecule has 0 fully saturated rings. The van der Waals surface area contributed by atoms with Crippen LogP contribution in [0.15, 0.2) is 30.3 Å². The number of aryl methyl sites for hydroxylation is 1. The van der Waals surface area contributed by atoms with Crippen molar-refractivity contribution in [1.82, 2.24) is 9.97 Å². The first-order valence-electron chi connectivity index (χ1n) is 7.40. The Morgan fingerprint density at radius 1 is 1.27 bits per heavy atom. The first-order chi connectivity index (χ1) is 10.6. The molecule has 5 heteroatoms. The van der Waals surface area contributed by atoms with Crippen molar-refractivity contribution in [3.05, 3.63) is 47.3 Å². The number of fused-ring (bicyclic) bond motifs is 1. The Bertz CT molecular complexity index is 734. The molecule has 112 valence electrons. The Morgan fingerprint density at radius 3 is 2.82 bits per heavy atom. The quantitative estimate of drug-likeness (QED) is 0.808. The maximum atomic E-state index is 9.14. The second-order valence-corrected chi connectivity index (χ2v) is 5.79. The molecule has 0 saturated carbocycles. The standard InChI is InChI=1S/C17H19N5/c1-12-8-15(9-18)20-17(19-12)22-11-14-6-4-5-7-16(14)21(3)10-13(22)2/h4-8,13H,10-11H2,1-3H3/t13-/m0/s1. The van der Waals surface area contributed by atoms with Crippen LogP contribution in [-0.2, 0) is 6.54 Å². The van der Waals surface area contributed by atoms with Gasteiger partial charge in [-0.2, -0.15) is 5.26 Å². The van der Waals surface area contributed by atoms with E-state index in [1.165, 1.54) is 11.3 Å². The Balaban J connectivity index is 2.04. The molecular weight excluding hydrogens is 274 g/mol. The van der Waals surface area contributed by atoms with Crippen molar-refractivity contribution in [2.24, 2.45) is 0 Å². The molecule has 0 amide bonds. The third-order valence-corrected chi connectivity index (χ3v) is 4.03. The van der Waals surface area contributed by atoms with Crippen LogP contribution < -0.4 is 9.80 Å². The van der Waals surface area contributed by atoms with Crippen LogP contribution in [0.4, 0.5) is 11.6 Å². The molecule has 2 aromatic rings. The SMILES string of the molecule is Cc1cc(C#N)nc(N2Cc3ccccc3N(C)C[C@@H]2C)n1. The van der Waals surface area contributed by atoms with Gasteiger partial charge in [-0.05, 0) is 31.5 Å². The summed E-state index contributed by atoms with van der Waals surface area (Å²) in [5, 5.41) is 9.14. The first kappa shape index (κ1) is 14.3. The summed E-state index contributed by atoms with van der Waals surface area (Å²) in [5.41, 5.74) is 3.73. The minimum absolute atomic E-state index is 0.255. The number of hydrogen-bond acceptors (Lipinski definition) is 5. The van der Waals surface area contributed by atoms with E-state index in [0.717, 1.165) is 18.8 Å². The van der Waals surface area contributed by atoms with Gasteiger partial charge in [-0.25, -0.2) is 9.97 Å². The molecule has 1 aromatic carbocycles. The lowest BCUT2D eigenvalue weighted by atomic mass is 10.1. The van der Waals surface area contributed by atoms with E-state index in [4.69, 9.17) is 5.26 Å². The van der Waals surface area contributed by atoms with Gasteiger partial charge < -0.3 is 9.80 Å². The molecule has 1 aliphatic heterocycles.